The molecule has 8 heteroatoms. The quantitative estimate of drug-likeness (QED) is 0.480. The molecule has 2 heterocycles. The zero-order valence-corrected chi connectivity index (χ0v) is 13.8. The highest BCUT2D eigenvalue weighted by Crippen LogP contribution is 2.46. The Balaban J connectivity index is 1.69. The van der Waals surface area contributed by atoms with Crippen LogP contribution < -0.4 is 4.90 Å². The van der Waals surface area contributed by atoms with Gasteiger partial charge in [-0.2, -0.15) is 0 Å². The van der Waals surface area contributed by atoms with Crippen LogP contribution in [0.1, 0.15) is 10.9 Å². The molecule has 2 atom stereocenters. The van der Waals surface area contributed by atoms with E-state index in [-0.39, 0.29) is 17.6 Å². The van der Waals surface area contributed by atoms with Crippen molar-refractivity contribution >= 4 is 35.1 Å². The fourth-order valence-corrected chi connectivity index (χ4v) is 4.56. The van der Waals surface area contributed by atoms with Gasteiger partial charge in [-0.15, -0.1) is 11.8 Å². The average molecular weight is 355 g/mol. The summed E-state index contributed by atoms with van der Waals surface area (Å²) in [5.41, 5.74) is 1.16. The number of urea groups is 1. The van der Waals surface area contributed by atoms with Gasteiger partial charge in [0.15, 0.2) is 0 Å². The number of benzene rings is 2. The Morgan fingerprint density at radius 3 is 2.56 bits per heavy atom. The van der Waals surface area contributed by atoms with Crippen molar-refractivity contribution in [3.05, 3.63) is 70.3 Å². The minimum Gasteiger partial charge on any atom is -0.295 e. The first-order valence-corrected chi connectivity index (χ1v) is 8.70. The third-order valence-electron chi connectivity index (χ3n) is 4.30. The number of hydrogen-bond donors (Lipinski definition) is 0. The number of fused-ring (bicyclic) bond motifs is 1. The van der Waals surface area contributed by atoms with Crippen molar-refractivity contribution in [2.24, 2.45) is 0 Å². The van der Waals surface area contributed by atoms with E-state index >= 15 is 0 Å². The predicted octanol–water partition coefficient (Wildman–Crippen LogP) is 3.18. The highest BCUT2D eigenvalue weighted by atomic mass is 32.2. The molecule has 2 saturated heterocycles. The van der Waals surface area contributed by atoms with Crippen molar-refractivity contribution in [1.82, 2.24) is 4.90 Å². The Labute approximate surface area is 147 Å². The van der Waals surface area contributed by atoms with Gasteiger partial charge in [-0.25, -0.2) is 9.69 Å². The van der Waals surface area contributed by atoms with Crippen LogP contribution in [0.5, 0.6) is 0 Å². The number of nitro benzene ring substituents is 1. The maximum atomic E-state index is 12.9. The summed E-state index contributed by atoms with van der Waals surface area (Å²) in [4.78, 5) is 38.8. The van der Waals surface area contributed by atoms with E-state index in [1.165, 1.54) is 33.7 Å². The summed E-state index contributed by atoms with van der Waals surface area (Å²) in [5.74, 6) is 0.220. The lowest BCUT2D eigenvalue weighted by Crippen LogP contribution is -2.33. The standard InChI is InChI=1S/C17H13N3O4S/c21-15-14-10-25-16(11-5-4-8-13(9-11)20(23)24)19(14)17(22)18(15)12-6-2-1-3-7-12/h1-9,14,16H,10H2/t14-,16-/m1/s1. The minimum absolute atomic E-state index is 0.0283. The lowest BCUT2D eigenvalue weighted by molar-refractivity contribution is -0.384. The van der Waals surface area contributed by atoms with E-state index in [2.05, 4.69) is 0 Å². The lowest BCUT2D eigenvalue weighted by Gasteiger charge is -2.22. The fraction of sp³-hybridized carbons (Fsp3) is 0.176. The Kier molecular flexibility index (Phi) is 3.69. The molecular weight excluding hydrogens is 342 g/mol. The van der Waals surface area contributed by atoms with Crippen molar-refractivity contribution in [2.75, 3.05) is 10.7 Å². The molecule has 2 aromatic rings. The number of hydrogen-bond acceptors (Lipinski definition) is 5. The predicted molar refractivity (Wildman–Crippen MR) is 93.2 cm³/mol. The molecule has 0 unspecified atom stereocenters. The number of nitro groups is 1. The Bertz CT molecular complexity index is 873. The van der Waals surface area contributed by atoms with Crippen LogP contribution in [0.15, 0.2) is 54.6 Å². The lowest BCUT2D eigenvalue weighted by atomic mass is 10.1. The maximum absolute atomic E-state index is 12.9. The number of nitrogens with zero attached hydrogens (tertiary/aromatic N) is 3. The normalized spacial score (nSPS) is 22.4. The van der Waals surface area contributed by atoms with Crippen molar-refractivity contribution in [3.8, 4) is 0 Å². The van der Waals surface area contributed by atoms with Gasteiger partial charge in [0.1, 0.15) is 11.4 Å². The average Bonchev–Trinajstić information content (AvgIpc) is 3.16. The molecule has 126 valence electrons. The molecule has 2 aliphatic rings. The van der Waals surface area contributed by atoms with Crippen LogP contribution in [0.3, 0.4) is 0 Å². The van der Waals surface area contributed by atoms with Gasteiger partial charge >= 0.3 is 6.03 Å². The first-order valence-electron chi connectivity index (χ1n) is 7.65. The SMILES string of the molecule is O=C1[C@H]2CS[C@H](c3cccc([N+](=O)[O-])c3)N2C(=O)N1c1ccccc1. The van der Waals surface area contributed by atoms with Gasteiger partial charge in [0, 0.05) is 17.9 Å². The number of rotatable bonds is 3. The van der Waals surface area contributed by atoms with Gasteiger partial charge in [-0.3, -0.25) is 19.8 Å². The van der Waals surface area contributed by atoms with Gasteiger partial charge in [0.25, 0.3) is 11.6 Å². The molecule has 0 N–H and O–H groups in total. The van der Waals surface area contributed by atoms with Crippen LogP contribution in [0.4, 0.5) is 16.2 Å². The molecule has 0 aromatic heterocycles. The summed E-state index contributed by atoms with van der Waals surface area (Å²) in [6.45, 7) is 0. The van der Waals surface area contributed by atoms with E-state index in [4.69, 9.17) is 0 Å². The van der Waals surface area contributed by atoms with Gasteiger partial charge < -0.3 is 0 Å². The Morgan fingerprint density at radius 1 is 1.08 bits per heavy atom. The first kappa shape index (κ1) is 15.6. The zero-order chi connectivity index (χ0) is 17.6. The number of carbonyl (C=O) groups is 2. The highest BCUT2D eigenvalue weighted by Gasteiger charge is 2.53. The van der Waals surface area contributed by atoms with Crippen LogP contribution in [-0.2, 0) is 4.79 Å². The van der Waals surface area contributed by atoms with E-state index in [0.29, 0.717) is 17.0 Å². The number of carbonyl (C=O) groups excluding carboxylic acids is 2. The summed E-state index contributed by atoms with van der Waals surface area (Å²) in [7, 11) is 0. The molecule has 4 rings (SSSR count). The second kappa shape index (κ2) is 5.89. The third kappa shape index (κ3) is 2.45. The Hall–Kier alpha value is -2.87. The molecule has 0 aliphatic carbocycles. The van der Waals surface area contributed by atoms with Crippen molar-refractivity contribution in [2.45, 2.75) is 11.4 Å². The summed E-state index contributed by atoms with van der Waals surface area (Å²) in [6.07, 6.45) is 0. The number of imide groups is 1. The molecule has 7 nitrogen and oxygen atoms in total. The molecule has 2 aliphatic heterocycles. The van der Waals surface area contributed by atoms with Crippen LogP contribution in [0.2, 0.25) is 0 Å². The molecule has 0 bridgehead atoms. The van der Waals surface area contributed by atoms with E-state index in [1.807, 2.05) is 6.07 Å². The zero-order valence-electron chi connectivity index (χ0n) is 12.9. The van der Waals surface area contributed by atoms with Crippen molar-refractivity contribution in [3.63, 3.8) is 0 Å². The van der Waals surface area contributed by atoms with E-state index in [1.54, 1.807) is 36.4 Å². The Morgan fingerprint density at radius 2 is 1.84 bits per heavy atom. The van der Waals surface area contributed by atoms with Gasteiger partial charge in [-0.05, 0) is 17.7 Å². The topological polar surface area (TPSA) is 83.8 Å². The van der Waals surface area contributed by atoms with Crippen LogP contribution >= 0.6 is 11.8 Å². The van der Waals surface area contributed by atoms with Crippen molar-refractivity contribution < 1.29 is 14.5 Å². The molecule has 25 heavy (non-hydrogen) atoms. The molecule has 3 amide bonds. The monoisotopic (exact) mass is 355 g/mol. The first-order chi connectivity index (χ1) is 12.1. The summed E-state index contributed by atoms with van der Waals surface area (Å²) < 4.78 is 0. The smallest absolute Gasteiger partial charge is 0.295 e. The number of anilines is 1. The van der Waals surface area contributed by atoms with E-state index in [9.17, 15) is 19.7 Å². The number of amides is 3. The second-order valence-electron chi connectivity index (χ2n) is 5.75. The van der Waals surface area contributed by atoms with E-state index in [0.717, 1.165) is 0 Å². The van der Waals surface area contributed by atoms with Crippen LogP contribution in [0, 0.1) is 10.1 Å². The molecule has 0 saturated carbocycles. The van der Waals surface area contributed by atoms with Crippen molar-refractivity contribution in [1.29, 1.82) is 0 Å². The molecule has 0 radical (unpaired) electrons. The fourth-order valence-electron chi connectivity index (χ4n) is 3.15. The summed E-state index contributed by atoms with van der Waals surface area (Å²) >= 11 is 1.45. The largest absolute Gasteiger partial charge is 0.333 e. The minimum atomic E-state index is -0.540. The van der Waals surface area contributed by atoms with Gasteiger partial charge in [0.05, 0.1) is 10.6 Å². The molecule has 2 fully saturated rings. The number of non-ortho nitro benzene ring substituents is 1. The maximum Gasteiger partial charge on any atom is 0.333 e. The number of thioether (sulfide) groups is 1. The van der Waals surface area contributed by atoms with Crippen LogP contribution in [0.25, 0.3) is 0 Å². The van der Waals surface area contributed by atoms with Gasteiger partial charge in [0.2, 0.25) is 0 Å². The van der Waals surface area contributed by atoms with E-state index < -0.39 is 16.3 Å². The molecular formula is C17H13N3O4S. The van der Waals surface area contributed by atoms with Crippen LogP contribution in [-0.4, -0.2) is 33.6 Å². The number of para-hydroxylation sites is 1. The molecule has 2 aromatic carbocycles. The van der Waals surface area contributed by atoms with Gasteiger partial charge in [-0.1, -0.05) is 30.3 Å². The molecule has 0 spiro atoms. The summed E-state index contributed by atoms with van der Waals surface area (Å²) in [5, 5.41) is 10.6. The summed E-state index contributed by atoms with van der Waals surface area (Å²) in [6, 6.07) is 14.1. The second-order valence-corrected chi connectivity index (χ2v) is 6.87. The third-order valence-corrected chi connectivity index (χ3v) is 5.62. The highest BCUT2D eigenvalue weighted by molar-refractivity contribution is 7.99.